The van der Waals surface area contributed by atoms with Crippen molar-refractivity contribution in [3.8, 4) is 0 Å². The number of allylic oxidation sites excluding steroid dienone is 1. The molecule has 1 aliphatic carbocycles. The molecule has 1 aromatic heterocycles. The second kappa shape index (κ2) is 13.0. The van der Waals surface area contributed by atoms with Gasteiger partial charge in [0.2, 0.25) is 0 Å². The third-order valence-electron chi connectivity index (χ3n) is 2.76. The van der Waals surface area contributed by atoms with Crippen LogP contribution in [0.25, 0.3) is 6.08 Å². The summed E-state index contributed by atoms with van der Waals surface area (Å²) in [6.07, 6.45) is 6.54. The van der Waals surface area contributed by atoms with Gasteiger partial charge in [-0.2, -0.15) is 11.8 Å². The lowest BCUT2D eigenvalue weighted by atomic mass is 10.1. The van der Waals surface area contributed by atoms with Crippen molar-refractivity contribution in [1.82, 2.24) is 5.32 Å². The van der Waals surface area contributed by atoms with E-state index in [1.54, 1.807) is 0 Å². The molecule has 122 valence electrons. The number of hydrogen-bond acceptors (Lipinski definition) is 3. The smallest absolute Gasteiger partial charge is 0.118 e. The average Bonchev–Trinajstić information content (AvgIpc) is 2.93. The lowest BCUT2D eigenvalue weighted by molar-refractivity contribution is 0.449. The number of nitrogens with one attached hydrogen (secondary N) is 1. The molecule has 0 radical (unpaired) electrons. The summed E-state index contributed by atoms with van der Waals surface area (Å²) >= 11 is 1.99. The lowest BCUT2D eigenvalue weighted by Crippen LogP contribution is -2.16. The third-order valence-corrected chi connectivity index (χ3v) is 3.86. The fourth-order valence-electron chi connectivity index (χ4n) is 1.93. The Balaban J connectivity index is 0.000000921. The minimum atomic E-state index is 0.720. The topological polar surface area (TPSA) is 25.2 Å². The molecule has 2 nitrogen and oxygen atoms in total. The van der Waals surface area contributed by atoms with Crippen LogP contribution in [0.1, 0.15) is 65.0 Å². The zero-order valence-corrected chi connectivity index (χ0v) is 15.5. The highest BCUT2D eigenvalue weighted by Gasteiger charge is 2.10. The minimum Gasteiger partial charge on any atom is -0.464 e. The third kappa shape index (κ3) is 8.37. The summed E-state index contributed by atoms with van der Waals surface area (Å²) in [5, 5.41) is 4.15. The molecule has 0 atom stereocenters. The molecular weight excluding hydrogens is 278 g/mol. The van der Waals surface area contributed by atoms with Crippen molar-refractivity contribution < 1.29 is 4.42 Å². The van der Waals surface area contributed by atoms with Gasteiger partial charge in [-0.05, 0) is 17.7 Å². The predicted octanol–water partition coefficient (Wildman–Crippen LogP) is 5.52. The maximum absolute atomic E-state index is 5.81. The Bertz CT molecular complexity index is 383. The van der Waals surface area contributed by atoms with Gasteiger partial charge < -0.3 is 9.73 Å². The number of aryl methyl sites for hydroxylation is 1. The molecule has 0 unspecified atom stereocenters. The van der Waals surface area contributed by atoms with Gasteiger partial charge in [-0.3, -0.25) is 0 Å². The summed E-state index contributed by atoms with van der Waals surface area (Å²) < 4.78 is 5.81. The maximum atomic E-state index is 5.81. The van der Waals surface area contributed by atoms with E-state index in [0.29, 0.717) is 0 Å². The molecule has 0 saturated carbocycles. The molecule has 2 rings (SSSR count). The zero-order valence-electron chi connectivity index (χ0n) is 14.7. The largest absolute Gasteiger partial charge is 0.464 e. The van der Waals surface area contributed by atoms with Crippen molar-refractivity contribution >= 4 is 17.8 Å². The molecule has 1 N–H and O–H groups in total. The highest BCUT2D eigenvalue weighted by molar-refractivity contribution is 7.99. The summed E-state index contributed by atoms with van der Waals surface area (Å²) in [5.74, 6) is 3.38. The Hall–Kier alpha value is -0.670. The van der Waals surface area contributed by atoms with E-state index in [4.69, 9.17) is 4.42 Å². The minimum absolute atomic E-state index is 0.720. The Morgan fingerprint density at radius 1 is 1.24 bits per heavy atom. The summed E-state index contributed by atoms with van der Waals surface area (Å²) in [5.41, 5.74) is 1.27. The van der Waals surface area contributed by atoms with E-state index < -0.39 is 0 Å². The van der Waals surface area contributed by atoms with Crippen LogP contribution >= 0.6 is 11.8 Å². The number of fused-ring (bicyclic) bond motifs is 1. The average molecular weight is 312 g/mol. The predicted molar refractivity (Wildman–Crippen MR) is 98.1 cm³/mol. The van der Waals surface area contributed by atoms with Crippen LogP contribution in [-0.2, 0) is 13.0 Å². The fraction of sp³-hybridized carbons (Fsp3) is 0.667. The Morgan fingerprint density at radius 2 is 1.95 bits per heavy atom. The second-order valence-electron chi connectivity index (χ2n) is 4.63. The standard InChI is InChI=1S/C14H21NOS.2C2H6/c1-11(2)17-8-7-15-10-13-9-12-5-3-4-6-14(12)16-13;2*1-2/h3,5,9,11,15H,4,6-8,10H2,1-2H3;2*1-2H3. The van der Waals surface area contributed by atoms with Crippen molar-refractivity contribution in [3.63, 3.8) is 0 Å². The van der Waals surface area contributed by atoms with Gasteiger partial charge in [0.15, 0.2) is 0 Å². The highest BCUT2D eigenvalue weighted by Crippen LogP contribution is 2.22. The molecule has 0 bridgehead atoms. The van der Waals surface area contributed by atoms with Gasteiger partial charge >= 0.3 is 0 Å². The van der Waals surface area contributed by atoms with Gasteiger partial charge in [0.05, 0.1) is 6.54 Å². The van der Waals surface area contributed by atoms with Crippen molar-refractivity contribution in [1.29, 1.82) is 0 Å². The molecule has 1 heterocycles. The highest BCUT2D eigenvalue weighted by atomic mass is 32.2. The van der Waals surface area contributed by atoms with Crippen LogP contribution in [0.5, 0.6) is 0 Å². The van der Waals surface area contributed by atoms with Gasteiger partial charge in [0, 0.05) is 24.3 Å². The summed E-state index contributed by atoms with van der Waals surface area (Å²) in [6.45, 7) is 14.4. The van der Waals surface area contributed by atoms with Crippen LogP contribution in [0, 0.1) is 0 Å². The van der Waals surface area contributed by atoms with Crippen molar-refractivity contribution in [2.75, 3.05) is 12.3 Å². The van der Waals surface area contributed by atoms with E-state index in [-0.39, 0.29) is 0 Å². The van der Waals surface area contributed by atoms with Gasteiger partial charge in [0.1, 0.15) is 11.5 Å². The van der Waals surface area contributed by atoms with E-state index in [9.17, 15) is 0 Å². The van der Waals surface area contributed by atoms with Crippen LogP contribution in [-0.4, -0.2) is 17.5 Å². The number of rotatable bonds is 6. The summed E-state index contributed by atoms with van der Waals surface area (Å²) in [6, 6.07) is 2.16. The summed E-state index contributed by atoms with van der Waals surface area (Å²) in [7, 11) is 0. The van der Waals surface area contributed by atoms with Crippen LogP contribution < -0.4 is 5.32 Å². The molecular formula is C18H33NOS. The second-order valence-corrected chi connectivity index (χ2v) is 6.31. The maximum Gasteiger partial charge on any atom is 0.118 e. The van der Waals surface area contributed by atoms with Gasteiger partial charge in [-0.25, -0.2) is 0 Å². The molecule has 0 amide bonds. The lowest BCUT2D eigenvalue weighted by Gasteiger charge is -2.05. The molecule has 1 aliphatic rings. The fourth-order valence-corrected chi connectivity index (χ4v) is 2.66. The molecule has 0 saturated heterocycles. The molecule has 0 aliphatic heterocycles. The SMILES string of the molecule is CC.CC.CC(C)SCCNCc1cc2c(o1)CCC=C2. The first-order valence-electron chi connectivity index (χ1n) is 8.36. The van der Waals surface area contributed by atoms with Crippen molar-refractivity contribution in [3.05, 3.63) is 29.2 Å². The van der Waals surface area contributed by atoms with Crippen LogP contribution in [0.15, 0.2) is 16.6 Å². The molecule has 1 aromatic rings. The first-order chi connectivity index (χ1) is 10.3. The summed E-state index contributed by atoms with van der Waals surface area (Å²) in [4.78, 5) is 0. The van der Waals surface area contributed by atoms with E-state index >= 15 is 0 Å². The Kier molecular flexibility index (Phi) is 12.6. The van der Waals surface area contributed by atoms with Crippen molar-refractivity contribution in [2.24, 2.45) is 0 Å². The van der Waals surface area contributed by atoms with E-state index in [0.717, 1.165) is 48.5 Å². The van der Waals surface area contributed by atoms with Crippen LogP contribution in [0.2, 0.25) is 0 Å². The van der Waals surface area contributed by atoms with Gasteiger partial charge in [0.25, 0.3) is 0 Å². The van der Waals surface area contributed by atoms with Gasteiger partial charge in [-0.15, -0.1) is 0 Å². The quantitative estimate of drug-likeness (QED) is 0.700. The molecule has 0 spiro atoms. The zero-order chi connectivity index (χ0) is 16.1. The van der Waals surface area contributed by atoms with E-state index in [1.807, 2.05) is 39.5 Å². The first-order valence-corrected chi connectivity index (χ1v) is 9.41. The first kappa shape index (κ1) is 20.3. The molecule has 3 heteroatoms. The Labute approximate surface area is 135 Å². The molecule has 0 aromatic carbocycles. The Morgan fingerprint density at radius 3 is 2.57 bits per heavy atom. The number of hydrogen-bond donors (Lipinski definition) is 1. The molecule has 0 fully saturated rings. The van der Waals surface area contributed by atoms with Crippen LogP contribution in [0.4, 0.5) is 0 Å². The van der Waals surface area contributed by atoms with Crippen molar-refractivity contribution in [2.45, 2.75) is 66.2 Å². The molecule has 21 heavy (non-hydrogen) atoms. The number of furan rings is 1. The monoisotopic (exact) mass is 311 g/mol. The normalized spacial score (nSPS) is 12.1. The van der Waals surface area contributed by atoms with Crippen LogP contribution in [0.3, 0.4) is 0 Å². The van der Waals surface area contributed by atoms with E-state index in [1.165, 1.54) is 5.56 Å². The van der Waals surface area contributed by atoms with Gasteiger partial charge in [-0.1, -0.05) is 53.7 Å². The number of thioether (sulfide) groups is 1. The van der Waals surface area contributed by atoms with E-state index in [2.05, 4.69) is 37.4 Å².